The van der Waals surface area contributed by atoms with Crippen LogP contribution in [0, 0.1) is 5.92 Å². The summed E-state index contributed by atoms with van der Waals surface area (Å²) in [4.78, 5) is 17.5. The number of likely N-dealkylation sites (tertiary alicyclic amines) is 1. The number of nitrogens with zero attached hydrogens (tertiary/aromatic N) is 2. The highest BCUT2D eigenvalue weighted by atomic mass is 35.5. The number of hydrogen-bond donors (Lipinski definition) is 2. The van der Waals surface area contributed by atoms with Crippen molar-refractivity contribution in [2.45, 2.75) is 57.6 Å². The van der Waals surface area contributed by atoms with E-state index >= 15 is 0 Å². The van der Waals surface area contributed by atoms with Crippen LogP contribution in [0.25, 0.3) is 0 Å². The molecule has 2 aromatic carbocycles. The normalized spacial score (nSPS) is 25.3. The third kappa shape index (κ3) is 5.37. The lowest BCUT2D eigenvalue weighted by molar-refractivity contribution is -0.135. The van der Waals surface area contributed by atoms with Crippen LogP contribution in [0.4, 0.5) is 11.4 Å². The molecule has 33 heavy (non-hydrogen) atoms. The zero-order chi connectivity index (χ0) is 23.4. The van der Waals surface area contributed by atoms with Gasteiger partial charge in [0.1, 0.15) is 0 Å². The molecule has 2 fully saturated rings. The van der Waals surface area contributed by atoms with E-state index in [0.717, 1.165) is 50.9 Å². The molecule has 2 aromatic rings. The van der Waals surface area contributed by atoms with Crippen LogP contribution in [0.1, 0.15) is 57.6 Å². The van der Waals surface area contributed by atoms with Gasteiger partial charge in [-0.1, -0.05) is 36.6 Å². The van der Waals surface area contributed by atoms with E-state index in [1.54, 1.807) is 12.1 Å². The Bertz CT molecular complexity index is 929. The molecular weight excluding hydrogens is 434 g/mol. The Balaban J connectivity index is 1.57. The third-order valence-corrected chi connectivity index (χ3v) is 7.76. The Kier molecular flexibility index (Phi) is 7.62. The van der Waals surface area contributed by atoms with Gasteiger partial charge >= 0.3 is 0 Å². The number of anilines is 2. The zero-order valence-electron chi connectivity index (χ0n) is 19.8. The molecule has 0 radical (unpaired) electrons. The average molecular weight is 470 g/mol. The van der Waals surface area contributed by atoms with Gasteiger partial charge in [0.2, 0.25) is 5.91 Å². The predicted octanol–water partition coefficient (Wildman–Crippen LogP) is 5.49. The van der Waals surface area contributed by atoms with E-state index in [4.69, 9.17) is 11.6 Å². The Morgan fingerprint density at radius 2 is 1.79 bits per heavy atom. The van der Waals surface area contributed by atoms with Gasteiger partial charge in [0.05, 0.1) is 12.1 Å². The molecule has 0 bridgehead atoms. The standard InChI is InChI=1S/C27H36ClN3O2/c1-3-30(4-2)23-14-8-20(9-15-23)26-24-7-5-6-16-27(24,33)17-18-31(26)19-25(32)29-22-12-10-21(28)11-13-22/h8-15,24,26,33H,3-7,16-19H2,1-2H3,(H,29,32). The second kappa shape index (κ2) is 10.5. The molecular formula is C27H36ClN3O2. The van der Waals surface area contributed by atoms with Crippen molar-refractivity contribution < 1.29 is 9.90 Å². The topological polar surface area (TPSA) is 55.8 Å². The molecule has 1 aliphatic heterocycles. The fourth-order valence-electron chi connectivity index (χ4n) is 5.75. The number of rotatable bonds is 7. The summed E-state index contributed by atoms with van der Waals surface area (Å²) >= 11 is 5.97. The summed E-state index contributed by atoms with van der Waals surface area (Å²) in [6.07, 6.45) is 4.79. The van der Waals surface area contributed by atoms with Crippen LogP contribution in [-0.2, 0) is 4.79 Å². The van der Waals surface area contributed by atoms with E-state index < -0.39 is 5.60 Å². The van der Waals surface area contributed by atoms with Crippen molar-refractivity contribution in [3.05, 3.63) is 59.1 Å². The fraction of sp³-hybridized carbons (Fsp3) is 0.519. The van der Waals surface area contributed by atoms with E-state index in [-0.39, 0.29) is 17.9 Å². The van der Waals surface area contributed by atoms with Crippen LogP contribution in [0.15, 0.2) is 48.5 Å². The molecule has 0 aromatic heterocycles. The number of halogens is 1. The van der Waals surface area contributed by atoms with Crippen LogP contribution in [0.5, 0.6) is 0 Å². The van der Waals surface area contributed by atoms with E-state index in [2.05, 4.69) is 53.2 Å². The molecule has 178 valence electrons. The van der Waals surface area contributed by atoms with Crippen LogP contribution in [0.3, 0.4) is 0 Å². The van der Waals surface area contributed by atoms with Crippen LogP contribution in [0.2, 0.25) is 5.02 Å². The van der Waals surface area contributed by atoms with Gasteiger partial charge in [-0.3, -0.25) is 9.69 Å². The molecule has 2 aliphatic rings. The minimum Gasteiger partial charge on any atom is -0.389 e. The summed E-state index contributed by atoms with van der Waals surface area (Å²) in [7, 11) is 0. The summed E-state index contributed by atoms with van der Waals surface area (Å²) in [5.41, 5.74) is 2.51. The molecule has 0 spiro atoms. The van der Waals surface area contributed by atoms with Crippen molar-refractivity contribution >= 4 is 28.9 Å². The van der Waals surface area contributed by atoms with E-state index in [9.17, 15) is 9.90 Å². The minimum absolute atomic E-state index is 0.0331. The molecule has 4 rings (SSSR count). The molecule has 6 heteroatoms. The molecule has 1 saturated carbocycles. The molecule has 3 unspecified atom stereocenters. The maximum atomic E-state index is 12.9. The maximum absolute atomic E-state index is 12.9. The second-order valence-corrected chi connectivity index (χ2v) is 9.88. The SMILES string of the molecule is CCN(CC)c1ccc(C2C3CCCCC3(O)CCN2CC(=O)Nc2ccc(Cl)cc2)cc1. The van der Waals surface area contributed by atoms with Crippen molar-refractivity contribution in [1.82, 2.24) is 4.90 Å². The first-order valence-electron chi connectivity index (χ1n) is 12.3. The smallest absolute Gasteiger partial charge is 0.238 e. The summed E-state index contributed by atoms with van der Waals surface area (Å²) < 4.78 is 0. The first-order valence-corrected chi connectivity index (χ1v) is 12.7. The summed E-state index contributed by atoms with van der Waals surface area (Å²) in [5, 5.41) is 15.2. The number of piperidine rings is 1. The Labute approximate surface area is 202 Å². The first-order chi connectivity index (χ1) is 15.9. The van der Waals surface area contributed by atoms with Crippen molar-refractivity contribution in [3.63, 3.8) is 0 Å². The lowest BCUT2D eigenvalue weighted by atomic mass is 9.66. The van der Waals surface area contributed by atoms with Gasteiger partial charge in [0, 0.05) is 48.0 Å². The zero-order valence-corrected chi connectivity index (χ0v) is 20.5. The van der Waals surface area contributed by atoms with Gasteiger partial charge in [-0.2, -0.15) is 0 Å². The molecule has 1 saturated heterocycles. The maximum Gasteiger partial charge on any atom is 0.238 e. The molecule has 5 nitrogen and oxygen atoms in total. The second-order valence-electron chi connectivity index (χ2n) is 9.44. The monoisotopic (exact) mass is 469 g/mol. The number of amides is 1. The van der Waals surface area contributed by atoms with Crippen molar-refractivity contribution in [2.24, 2.45) is 5.92 Å². The lowest BCUT2D eigenvalue weighted by Gasteiger charge is -2.52. The first kappa shape index (κ1) is 24.1. The third-order valence-electron chi connectivity index (χ3n) is 7.51. The molecule has 1 amide bonds. The fourth-order valence-corrected chi connectivity index (χ4v) is 5.88. The van der Waals surface area contributed by atoms with Crippen LogP contribution < -0.4 is 10.2 Å². The lowest BCUT2D eigenvalue weighted by Crippen LogP contribution is -2.56. The van der Waals surface area contributed by atoms with Crippen molar-refractivity contribution in [2.75, 3.05) is 36.4 Å². The number of nitrogens with one attached hydrogen (secondary N) is 1. The van der Waals surface area contributed by atoms with Gasteiger partial charge in [-0.15, -0.1) is 0 Å². The number of fused-ring (bicyclic) bond motifs is 1. The van der Waals surface area contributed by atoms with Gasteiger partial charge in [0.25, 0.3) is 0 Å². The number of benzene rings is 2. The number of aliphatic hydroxyl groups is 1. The van der Waals surface area contributed by atoms with Crippen LogP contribution >= 0.6 is 11.6 Å². The summed E-state index contributed by atoms with van der Waals surface area (Å²) in [5.74, 6) is 0.103. The molecule has 3 atom stereocenters. The number of carbonyl (C=O) groups excluding carboxylic acids is 1. The van der Waals surface area contributed by atoms with E-state index in [0.29, 0.717) is 18.1 Å². The average Bonchev–Trinajstić information content (AvgIpc) is 2.82. The van der Waals surface area contributed by atoms with Crippen molar-refractivity contribution in [1.29, 1.82) is 0 Å². The quantitative estimate of drug-likeness (QED) is 0.562. The minimum atomic E-state index is -0.635. The van der Waals surface area contributed by atoms with Gasteiger partial charge in [0.15, 0.2) is 0 Å². The predicted molar refractivity (Wildman–Crippen MR) is 136 cm³/mol. The van der Waals surface area contributed by atoms with Crippen LogP contribution in [-0.4, -0.2) is 47.7 Å². The van der Waals surface area contributed by atoms with Gasteiger partial charge < -0.3 is 15.3 Å². The number of hydrogen-bond acceptors (Lipinski definition) is 4. The highest BCUT2D eigenvalue weighted by molar-refractivity contribution is 6.30. The summed E-state index contributed by atoms with van der Waals surface area (Å²) in [6.45, 7) is 7.29. The highest BCUT2D eigenvalue weighted by Crippen LogP contribution is 2.49. The van der Waals surface area contributed by atoms with Gasteiger partial charge in [-0.25, -0.2) is 0 Å². The Hall–Kier alpha value is -2.08. The molecule has 1 aliphatic carbocycles. The van der Waals surface area contributed by atoms with Gasteiger partial charge in [-0.05, 0) is 75.1 Å². The number of carbonyl (C=O) groups is 1. The highest BCUT2D eigenvalue weighted by Gasteiger charge is 2.49. The van der Waals surface area contributed by atoms with E-state index in [1.165, 1.54) is 11.3 Å². The van der Waals surface area contributed by atoms with Crippen molar-refractivity contribution in [3.8, 4) is 0 Å². The Morgan fingerprint density at radius 1 is 1.09 bits per heavy atom. The summed E-state index contributed by atoms with van der Waals surface area (Å²) in [6, 6.07) is 16.0. The Morgan fingerprint density at radius 3 is 2.45 bits per heavy atom. The largest absolute Gasteiger partial charge is 0.389 e. The molecule has 1 heterocycles. The molecule has 2 N–H and O–H groups in total. The van der Waals surface area contributed by atoms with E-state index in [1.807, 2.05) is 12.1 Å².